The van der Waals surface area contributed by atoms with Gasteiger partial charge < -0.3 is 0 Å². The summed E-state index contributed by atoms with van der Waals surface area (Å²) in [5.74, 6) is 0.468. The summed E-state index contributed by atoms with van der Waals surface area (Å²) >= 11 is 9.08. The molecule has 140 valence electrons. The van der Waals surface area contributed by atoms with Crippen molar-refractivity contribution in [2.24, 2.45) is 5.10 Å². The van der Waals surface area contributed by atoms with Crippen molar-refractivity contribution in [3.63, 3.8) is 0 Å². The van der Waals surface area contributed by atoms with Crippen LogP contribution in [-0.4, -0.2) is 17.4 Å². The Bertz CT molecular complexity index is 882. The lowest BCUT2D eigenvalue weighted by Crippen LogP contribution is -2.13. The first-order valence-corrected chi connectivity index (χ1v) is 10.8. The van der Waals surface area contributed by atoms with Crippen LogP contribution in [0.5, 0.6) is 0 Å². The third kappa shape index (κ3) is 5.41. The van der Waals surface area contributed by atoms with E-state index in [4.69, 9.17) is 11.6 Å². The second-order valence-electron chi connectivity index (χ2n) is 7.17. The van der Waals surface area contributed by atoms with Gasteiger partial charge in [-0.15, -0.1) is 11.8 Å². The van der Waals surface area contributed by atoms with Crippen LogP contribution in [0.4, 0.5) is 0 Å². The van der Waals surface area contributed by atoms with Crippen molar-refractivity contribution in [3.8, 4) is 0 Å². The second kappa shape index (κ2) is 8.55. The highest BCUT2D eigenvalue weighted by Crippen LogP contribution is 2.28. The number of benzene rings is 2. The fourth-order valence-corrected chi connectivity index (χ4v) is 4.21. The van der Waals surface area contributed by atoms with Crippen LogP contribution in [0.1, 0.15) is 26.3 Å². The van der Waals surface area contributed by atoms with E-state index < -0.39 is 0 Å². The summed E-state index contributed by atoms with van der Waals surface area (Å²) in [7, 11) is 0. The molecule has 27 heavy (non-hydrogen) atoms. The molecule has 0 unspecified atom stereocenters. The molecule has 0 saturated carbocycles. The van der Waals surface area contributed by atoms with Gasteiger partial charge in [-0.25, -0.2) is 5.43 Å². The molecule has 0 aromatic heterocycles. The van der Waals surface area contributed by atoms with Gasteiger partial charge in [0.2, 0.25) is 0 Å². The summed E-state index contributed by atoms with van der Waals surface area (Å²) in [6.07, 6.45) is 0. The molecule has 3 rings (SSSR count). The highest BCUT2D eigenvalue weighted by molar-refractivity contribution is 8.02. The minimum Gasteiger partial charge on any atom is -0.267 e. The van der Waals surface area contributed by atoms with Crippen molar-refractivity contribution >= 4 is 46.7 Å². The van der Waals surface area contributed by atoms with Gasteiger partial charge in [-0.1, -0.05) is 56.3 Å². The molecule has 0 bridgehead atoms. The molecule has 0 atom stereocenters. The number of amides is 1. The number of halogens is 1. The van der Waals surface area contributed by atoms with Gasteiger partial charge in [0.05, 0.1) is 11.3 Å². The molecule has 0 saturated heterocycles. The Hall–Kier alpha value is -1.69. The summed E-state index contributed by atoms with van der Waals surface area (Å²) in [5.41, 5.74) is 5.37. The number of carbonyl (C=O) groups excluding carboxylic acids is 1. The van der Waals surface area contributed by atoms with Crippen molar-refractivity contribution in [2.45, 2.75) is 36.0 Å². The van der Waals surface area contributed by atoms with Crippen molar-refractivity contribution in [2.75, 3.05) is 5.75 Å². The van der Waals surface area contributed by atoms with E-state index in [1.54, 1.807) is 11.8 Å². The number of hydrogen-bond donors (Lipinski definition) is 1. The molecule has 0 radical (unpaired) electrons. The van der Waals surface area contributed by atoms with Crippen LogP contribution in [0.3, 0.4) is 0 Å². The molecule has 6 heteroatoms. The molecular weight excluding hydrogens is 396 g/mol. The molecule has 0 spiro atoms. The monoisotopic (exact) mass is 416 g/mol. The zero-order chi connectivity index (χ0) is 19.4. The Morgan fingerprint density at radius 2 is 1.67 bits per heavy atom. The summed E-state index contributed by atoms with van der Waals surface area (Å²) in [5, 5.41) is 6.77. The van der Waals surface area contributed by atoms with E-state index in [-0.39, 0.29) is 11.3 Å². The first-order chi connectivity index (χ1) is 12.8. The topological polar surface area (TPSA) is 41.5 Å². The Morgan fingerprint density at radius 3 is 2.30 bits per heavy atom. The maximum absolute atomic E-state index is 12.1. The number of carbonyl (C=O) groups is 1. The molecule has 1 heterocycles. The Morgan fingerprint density at radius 1 is 1.04 bits per heavy atom. The van der Waals surface area contributed by atoms with Crippen LogP contribution < -0.4 is 5.43 Å². The van der Waals surface area contributed by atoms with E-state index in [1.165, 1.54) is 17.3 Å². The molecule has 1 amide bonds. The lowest BCUT2D eigenvalue weighted by atomic mass is 9.87. The molecule has 3 nitrogen and oxygen atoms in total. The summed E-state index contributed by atoms with van der Waals surface area (Å²) < 4.78 is 0. The zero-order valence-corrected chi connectivity index (χ0v) is 17.8. The largest absolute Gasteiger partial charge is 0.273 e. The SMILES string of the molecule is CC(C)(C)c1ccc(S/C=C2/C(=O)NN=C2CSc2ccc(Cl)cc2)cc1. The highest BCUT2D eigenvalue weighted by Gasteiger charge is 2.22. The number of hydrogen-bond acceptors (Lipinski definition) is 4. The standard InChI is InChI=1S/C21H21ClN2OS2/c1-21(2,3)14-4-8-16(9-5-14)26-12-18-19(23-24-20(18)25)13-27-17-10-6-15(22)7-11-17/h4-12H,13H2,1-3H3,(H,24,25)/b18-12+. The van der Waals surface area contributed by atoms with E-state index in [9.17, 15) is 4.79 Å². The quantitative estimate of drug-likeness (QED) is 0.488. The minimum atomic E-state index is -0.152. The van der Waals surface area contributed by atoms with E-state index in [0.717, 1.165) is 15.5 Å². The van der Waals surface area contributed by atoms with Gasteiger partial charge in [0.25, 0.3) is 5.91 Å². The van der Waals surface area contributed by atoms with Gasteiger partial charge in [0.1, 0.15) is 0 Å². The molecular formula is C21H21ClN2OS2. The highest BCUT2D eigenvalue weighted by atomic mass is 35.5. The van der Waals surface area contributed by atoms with Crippen molar-refractivity contribution < 1.29 is 4.79 Å². The van der Waals surface area contributed by atoms with E-state index in [1.807, 2.05) is 29.7 Å². The fraction of sp³-hybridized carbons (Fsp3) is 0.238. The number of nitrogens with one attached hydrogen (secondary N) is 1. The predicted molar refractivity (Wildman–Crippen MR) is 117 cm³/mol. The maximum atomic E-state index is 12.1. The smallest absolute Gasteiger partial charge is 0.267 e. The summed E-state index contributed by atoms with van der Waals surface area (Å²) in [6, 6.07) is 16.1. The third-order valence-electron chi connectivity index (χ3n) is 4.07. The second-order valence-corrected chi connectivity index (χ2v) is 9.59. The molecule has 1 aliphatic heterocycles. The van der Waals surface area contributed by atoms with Gasteiger partial charge >= 0.3 is 0 Å². The summed E-state index contributed by atoms with van der Waals surface area (Å²) in [4.78, 5) is 14.3. The number of hydrazone groups is 1. The summed E-state index contributed by atoms with van der Waals surface area (Å²) in [6.45, 7) is 6.59. The molecule has 1 aliphatic rings. The number of nitrogens with zero attached hydrogens (tertiary/aromatic N) is 1. The van der Waals surface area contributed by atoms with Crippen LogP contribution in [0.2, 0.25) is 5.02 Å². The third-order valence-corrected chi connectivity index (χ3v) is 6.24. The number of thioether (sulfide) groups is 2. The van der Waals surface area contributed by atoms with E-state index >= 15 is 0 Å². The normalized spacial score (nSPS) is 15.8. The molecule has 2 aromatic carbocycles. The fourth-order valence-electron chi connectivity index (χ4n) is 2.44. The van der Waals surface area contributed by atoms with Gasteiger partial charge in [0, 0.05) is 20.6 Å². The van der Waals surface area contributed by atoms with Gasteiger partial charge in [-0.3, -0.25) is 4.79 Å². The first-order valence-electron chi connectivity index (χ1n) is 8.56. The Balaban J connectivity index is 1.65. The minimum absolute atomic E-state index is 0.131. The average molecular weight is 417 g/mol. The van der Waals surface area contributed by atoms with Crippen LogP contribution >= 0.6 is 35.1 Å². The van der Waals surface area contributed by atoms with Crippen LogP contribution in [0.25, 0.3) is 0 Å². The zero-order valence-electron chi connectivity index (χ0n) is 15.5. The average Bonchev–Trinajstić information content (AvgIpc) is 2.99. The van der Waals surface area contributed by atoms with Crippen molar-refractivity contribution in [3.05, 3.63) is 70.1 Å². The lowest BCUT2D eigenvalue weighted by Gasteiger charge is -2.18. The van der Waals surface area contributed by atoms with Crippen molar-refractivity contribution in [1.82, 2.24) is 5.43 Å². The van der Waals surface area contributed by atoms with Crippen LogP contribution in [0, 0.1) is 0 Å². The van der Waals surface area contributed by atoms with Crippen LogP contribution in [-0.2, 0) is 10.2 Å². The molecule has 0 aliphatic carbocycles. The van der Waals surface area contributed by atoms with Gasteiger partial charge in [-0.2, -0.15) is 5.10 Å². The predicted octanol–water partition coefficient (Wildman–Crippen LogP) is 5.89. The van der Waals surface area contributed by atoms with Gasteiger partial charge in [-0.05, 0) is 52.8 Å². The van der Waals surface area contributed by atoms with Gasteiger partial charge in [0.15, 0.2) is 0 Å². The van der Waals surface area contributed by atoms with Crippen molar-refractivity contribution in [1.29, 1.82) is 0 Å². The first kappa shape index (κ1) is 20.1. The molecule has 1 N–H and O–H groups in total. The Labute approximate surface area is 173 Å². The number of rotatable bonds is 5. The van der Waals surface area contributed by atoms with Crippen LogP contribution in [0.15, 0.2) is 74.4 Å². The lowest BCUT2D eigenvalue weighted by molar-refractivity contribution is -0.116. The van der Waals surface area contributed by atoms with E-state index in [0.29, 0.717) is 16.3 Å². The molecule has 0 fully saturated rings. The maximum Gasteiger partial charge on any atom is 0.273 e. The molecule has 2 aromatic rings. The van der Waals surface area contributed by atoms with E-state index in [2.05, 4.69) is 55.6 Å². The Kier molecular flexibility index (Phi) is 6.35.